The van der Waals surface area contributed by atoms with E-state index in [9.17, 15) is 0 Å². The minimum atomic E-state index is 0.665. The molecule has 1 fully saturated rings. The van der Waals surface area contributed by atoms with Crippen molar-refractivity contribution < 1.29 is 4.74 Å². The summed E-state index contributed by atoms with van der Waals surface area (Å²) >= 11 is 0. The molecular weight excluding hydrogens is 412 g/mol. The van der Waals surface area contributed by atoms with Gasteiger partial charge >= 0.3 is 0 Å². The van der Waals surface area contributed by atoms with E-state index in [0.29, 0.717) is 6.61 Å². The van der Waals surface area contributed by atoms with Crippen LogP contribution in [0.4, 0.5) is 11.6 Å². The fourth-order valence-corrected chi connectivity index (χ4v) is 4.93. The fourth-order valence-electron chi connectivity index (χ4n) is 4.93. The number of aryl methyl sites for hydroxylation is 3. The van der Waals surface area contributed by atoms with E-state index in [2.05, 4.69) is 61.6 Å². The van der Waals surface area contributed by atoms with Crippen molar-refractivity contribution in [1.82, 2.24) is 19.7 Å². The molecule has 1 aromatic carbocycles. The van der Waals surface area contributed by atoms with Gasteiger partial charge in [-0.25, -0.2) is 4.98 Å². The Hall–Kier alpha value is -3.61. The Morgan fingerprint density at radius 2 is 1.52 bits per heavy atom. The largest absolute Gasteiger partial charge is 0.494 e. The van der Waals surface area contributed by atoms with Crippen molar-refractivity contribution in [2.45, 2.75) is 27.7 Å². The van der Waals surface area contributed by atoms with Crippen molar-refractivity contribution in [1.29, 1.82) is 0 Å². The van der Waals surface area contributed by atoms with Crippen LogP contribution < -0.4 is 14.5 Å². The Labute approximate surface area is 194 Å². The molecule has 0 saturated carbocycles. The molecule has 170 valence electrons. The zero-order valence-corrected chi connectivity index (χ0v) is 19.7. The Morgan fingerprint density at radius 3 is 2.18 bits per heavy atom. The van der Waals surface area contributed by atoms with Gasteiger partial charge < -0.3 is 19.1 Å². The summed E-state index contributed by atoms with van der Waals surface area (Å²) in [5.74, 6) is 2.90. The van der Waals surface area contributed by atoms with Crippen molar-refractivity contribution in [3.05, 3.63) is 65.7 Å². The Morgan fingerprint density at radius 1 is 0.818 bits per heavy atom. The van der Waals surface area contributed by atoms with Crippen LogP contribution in [0.25, 0.3) is 16.5 Å². The fraction of sp³-hybridized carbons (Fsp3) is 0.346. The van der Waals surface area contributed by atoms with Gasteiger partial charge in [0, 0.05) is 60.2 Å². The minimum Gasteiger partial charge on any atom is -0.494 e. The highest BCUT2D eigenvalue weighted by Gasteiger charge is 2.25. The predicted octanol–water partition coefficient (Wildman–Crippen LogP) is 4.47. The first-order valence-electron chi connectivity index (χ1n) is 11.6. The van der Waals surface area contributed by atoms with Crippen molar-refractivity contribution in [3.63, 3.8) is 0 Å². The van der Waals surface area contributed by atoms with Gasteiger partial charge in [-0.1, -0.05) is 6.07 Å². The number of piperazine rings is 1. The average molecular weight is 443 g/mol. The van der Waals surface area contributed by atoms with Gasteiger partial charge in [-0.3, -0.25) is 0 Å². The summed E-state index contributed by atoms with van der Waals surface area (Å²) in [6.45, 7) is 12.7. The molecule has 1 aliphatic heterocycles. The van der Waals surface area contributed by atoms with Crippen LogP contribution in [-0.2, 0) is 0 Å². The van der Waals surface area contributed by atoms with Gasteiger partial charge in [0.05, 0.1) is 12.3 Å². The van der Waals surface area contributed by atoms with Gasteiger partial charge in [-0.05, 0) is 64.1 Å². The van der Waals surface area contributed by atoms with Crippen molar-refractivity contribution in [3.8, 4) is 11.4 Å². The van der Waals surface area contributed by atoms with Crippen LogP contribution in [-0.4, -0.2) is 52.5 Å². The maximum absolute atomic E-state index is 5.63. The summed E-state index contributed by atoms with van der Waals surface area (Å²) < 4.78 is 7.94. The lowest BCUT2D eigenvalue weighted by Crippen LogP contribution is -2.47. The SMILES string of the molecule is CCOc1ccc(-n2c(C)c3c(C)nnc(N4CCN(c5ccccn5)CC4)c3c2C)cc1. The Bertz CT molecular complexity index is 1260. The van der Waals surface area contributed by atoms with E-state index >= 15 is 0 Å². The number of benzene rings is 1. The molecule has 0 aliphatic carbocycles. The molecule has 0 atom stereocenters. The first-order chi connectivity index (χ1) is 16.1. The highest BCUT2D eigenvalue weighted by molar-refractivity contribution is 5.98. The van der Waals surface area contributed by atoms with Crippen molar-refractivity contribution in [2.24, 2.45) is 0 Å². The lowest BCUT2D eigenvalue weighted by Gasteiger charge is -2.36. The van der Waals surface area contributed by atoms with Gasteiger partial charge in [0.25, 0.3) is 0 Å². The molecule has 7 heteroatoms. The van der Waals surface area contributed by atoms with E-state index in [-0.39, 0.29) is 0 Å². The monoisotopic (exact) mass is 442 g/mol. The van der Waals surface area contributed by atoms with Crippen LogP contribution in [0.5, 0.6) is 5.75 Å². The summed E-state index contributed by atoms with van der Waals surface area (Å²) in [5, 5.41) is 11.6. The molecule has 1 saturated heterocycles. The quantitative estimate of drug-likeness (QED) is 0.455. The second kappa shape index (κ2) is 8.73. The molecular formula is C26H30N6O. The molecule has 0 radical (unpaired) electrons. The first-order valence-corrected chi connectivity index (χ1v) is 11.6. The lowest BCUT2D eigenvalue weighted by atomic mass is 10.1. The number of hydrogen-bond acceptors (Lipinski definition) is 6. The Kier molecular flexibility index (Phi) is 5.62. The van der Waals surface area contributed by atoms with Crippen molar-refractivity contribution in [2.75, 3.05) is 42.6 Å². The second-order valence-electron chi connectivity index (χ2n) is 8.45. The standard InChI is InChI=1S/C26H30N6O/c1-5-33-22-11-9-21(10-12-22)32-19(3)24-18(2)28-29-26(25(24)20(32)4)31-16-14-30(15-17-31)23-8-6-7-13-27-23/h6-13H,5,14-17H2,1-4H3. The summed E-state index contributed by atoms with van der Waals surface area (Å²) in [6, 6.07) is 14.4. The van der Waals surface area contributed by atoms with Gasteiger partial charge in [-0.15, -0.1) is 5.10 Å². The number of anilines is 2. The van der Waals surface area contributed by atoms with Crippen LogP contribution >= 0.6 is 0 Å². The van der Waals surface area contributed by atoms with Crippen LogP contribution in [0.2, 0.25) is 0 Å². The first kappa shape index (κ1) is 21.2. The zero-order valence-electron chi connectivity index (χ0n) is 19.7. The van der Waals surface area contributed by atoms with E-state index in [1.165, 1.54) is 22.2 Å². The second-order valence-corrected chi connectivity index (χ2v) is 8.45. The number of nitrogens with zero attached hydrogens (tertiary/aromatic N) is 6. The third kappa shape index (κ3) is 3.77. The van der Waals surface area contributed by atoms with Crippen LogP contribution in [0.3, 0.4) is 0 Å². The van der Waals surface area contributed by atoms with Crippen LogP contribution in [0.15, 0.2) is 48.7 Å². The minimum absolute atomic E-state index is 0.665. The maximum atomic E-state index is 5.63. The number of ether oxygens (including phenoxy) is 1. The smallest absolute Gasteiger partial charge is 0.161 e. The third-order valence-corrected chi connectivity index (χ3v) is 6.48. The molecule has 4 heterocycles. The molecule has 5 rings (SSSR count). The summed E-state index contributed by atoms with van der Waals surface area (Å²) in [5.41, 5.74) is 4.46. The van der Waals surface area contributed by atoms with Crippen LogP contribution in [0, 0.1) is 20.8 Å². The van der Waals surface area contributed by atoms with E-state index in [4.69, 9.17) is 4.74 Å². The Balaban J connectivity index is 1.51. The van der Waals surface area contributed by atoms with Crippen LogP contribution in [0.1, 0.15) is 24.0 Å². The van der Waals surface area contributed by atoms with E-state index in [1.807, 2.05) is 44.3 Å². The molecule has 0 bridgehead atoms. The van der Waals surface area contributed by atoms with Crippen molar-refractivity contribution >= 4 is 22.4 Å². The van der Waals surface area contributed by atoms with E-state index in [1.54, 1.807) is 0 Å². The molecule has 0 spiro atoms. The average Bonchev–Trinajstić information content (AvgIpc) is 3.12. The topological polar surface area (TPSA) is 59.3 Å². The molecule has 4 aromatic rings. The molecule has 1 aliphatic rings. The summed E-state index contributed by atoms with van der Waals surface area (Å²) in [4.78, 5) is 9.21. The summed E-state index contributed by atoms with van der Waals surface area (Å²) in [6.07, 6.45) is 1.85. The molecule has 0 N–H and O–H groups in total. The number of pyridine rings is 1. The van der Waals surface area contributed by atoms with E-state index in [0.717, 1.165) is 54.9 Å². The number of hydrogen-bond donors (Lipinski definition) is 0. The highest BCUT2D eigenvalue weighted by atomic mass is 16.5. The molecule has 3 aromatic heterocycles. The van der Waals surface area contributed by atoms with Gasteiger partial charge in [-0.2, -0.15) is 5.10 Å². The highest BCUT2D eigenvalue weighted by Crippen LogP contribution is 2.36. The molecule has 0 unspecified atom stereocenters. The lowest BCUT2D eigenvalue weighted by molar-refractivity contribution is 0.340. The molecule has 0 amide bonds. The third-order valence-electron chi connectivity index (χ3n) is 6.48. The summed E-state index contributed by atoms with van der Waals surface area (Å²) in [7, 11) is 0. The number of fused-ring (bicyclic) bond motifs is 1. The van der Waals surface area contributed by atoms with Gasteiger partial charge in [0.15, 0.2) is 5.82 Å². The maximum Gasteiger partial charge on any atom is 0.161 e. The zero-order chi connectivity index (χ0) is 22.9. The molecule has 7 nitrogen and oxygen atoms in total. The normalized spacial score (nSPS) is 14.2. The molecule has 33 heavy (non-hydrogen) atoms. The van der Waals surface area contributed by atoms with Gasteiger partial charge in [0.1, 0.15) is 11.6 Å². The number of rotatable bonds is 5. The van der Waals surface area contributed by atoms with E-state index < -0.39 is 0 Å². The van der Waals surface area contributed by atoms with Gasteiger partial charge in [0.2, 0.25) is 0 Å². The number of aromatic nitrogens is 4. The predicted molar refractivity (Wildman–Crippen MR) is 133 cm³/mol.